The monoisotopic (exact) mass is 257 g/mol. The maximum Gasteiger partial charge on any atom is 0.405 e. The minimum absolute atomic E-state index is 0.315. The number of amides is 1. The molecule has 76 valence electrons. The van der Waals surface area contributed by atoms with E-state index in [4.69, 9.17) is 10.5 Å². The van der Waals surface area contributed by atoms with Crippen molar-refractivity contribution >= 4 is 22.0 Å². The van der Waals surface area contributed by atoms with Gasteiger partial charge in [0.15, 0.2) is 0 Å². The first-order chi connectivity index (χ1) is 6.52. The summed E-state index contributed by atoms with van der Waals surface area (Å²) in [5.41, 5.74) is 6.96. The summed E-state index contributed by atoms with van der Waals surface area (Å²) in [5, 5.41) is 0. The van der Waals surface area contributed by atoms with Gasteiger partial charge in [-0.2, -0.15) is 0 Å². The summed E-state index contributed by atoms with van der Waals surface area (Å²) in [7, 11) is 0. The second-order valence-corrected chi connectivity index (χ2v) is 3.89. The van der Waals surface area contributed by atoms with Crippen LogP contribution in [0.15, 0.2) is 22.7 Å². The van der Waals surface area contributed by atoms with Gasteiger partial charge in [0.1, 0.15) is 6.10 Å². The molecule has 4 heteroatoms. The van der Waals surface area contributed by atoms with Crippen molar-refractivity contribution in [2.45, 2.75) is 20.0 Å². The van der Waals surface area contributed by atoms with Crippen LogP contribution in [-0.4, -0.2) is 6.09 Å². The lowest BCUT2D eigenvalue weighted by Crippen LogP contribution is -2.16. The van der Waals surface area contributed by atoms with E-state index in [1.165, 1.54) is 0 Å². The number of halogens is 1. The van der Waals surface area contributed by atoms with Crippen LogP contribution >= 0.6 is 15.9 Å². The van der Waals surface area contributed by atoms with Gasteiger partial charge in [-0.05, 0) is 31.0 Å². The molecule has 0 saturated carbocycles. The molecule has 1 rings (SSSR count). The summed E-state index contributed by atoms with van der Waals surface area (Å²) >= 11 is 3.41. The van der Waals surface area contributed by atoms with Crippen molar-refractivity contribution in [1.29, 1.82) is 0 Å². The molecule has 1 aromatic rings. The Hall–Kier alpha value is -1.03. The van der Waals surface area contributed by atoms with E-state index in [1.54, 1.807) is 6.92 Å². The van der Waals surface area contributed by atoms with Crippen molar-refractivity contribution in [2.75, 3.05) is 0 Å². The van der Waals surface area contributed by atoms with Crippen LogP contribution in [0.3, 0.4) is 0 Å². The Labute approximate surface area is 91.4 Å². The van der Waals surface area contributed by atoms with Crippen molar-refractivity contribution in [1.82, 2.24) is 0 Å². The highest BCUT2D eigenvalue weighted by Gasteiger charge is 2.12. The minimum Gasteiger partial charge on any atom is -0.442 e. The molecule has 0 aliphatic rings. The van der Waals surface area contributed by atoms with Crippen LogP contribution < -0.4 is 5.73 Å². The van der Waals surface area contributed by atoms with Crippen LogP contribution in [0.2, 0.25) is 0 Å². The molecule has 1 atom stereocenters. The number of benzene rings is 1. The molecule has 0 aromatic heterocycles. The van der Waals surface area contributed by atoms with E-state index in [0.29, 0.717) is 0 Å². The minimum atomic E-state index is -0.753. The second kappa shape index (κ2) is 4.46. The molecule has 0 aliphatic heterocycles. The zero-order chi connectivity index (χ0) is 10.7. The molecule has 3 nitrogen and oxygen atoms in total. The van der Waals surface area contributed by atoms with Gasteiger partial charge in [0, 0.05) is 4.47 Å². The zero-order valence-electron chi connectivity index (χ0n) is 8.08. The number of carbonyl (C=O) groups is 1. The van der Waals surface area contributed by atoms with E-state index in [1.807, 2.05) is 25.1 Å². The van der Waals surface area contributed by atoms with Gasteiger partial charge in [0.2, 0.25) is 0 Å². The number of carbonyl (C=O) groups excluding carboxylic acids is 1. The first kappa shape index (κ1) is 11.0. The van der Waals surface area contributed by atoms with Crippen LogP contribution in [-0.2, 0) is 4.74 Å². The van der Waals surface area contributed by atoms with Crippen LogP contribution in [0.5, 0.6) is 0 Å². The van der Waals surface area contributed by atoms with Gasteiger partial charge in [-0.1, -0.05) is 28.1 Å². The Morgan fingerprint density at radius 1 is 1.57 bits per heavy atom. The van der Waals surface area contributed by atoms with E-state index in [0.717, 1.165) is 15.6 Å². The molecule has 0 saturated heterocycles. The number of ether oxygens (including phenoxy) is 1. The lowest BCUT2D eigenvalue weighted by atomic mass is 10.0. The summed E-state index contributed by atoms with van der Waals surface area (Å²) in [4.78, 5) is 10.6. The molecular weight excluding hydrogens is 246 g/mol. The van der Waals surface area contributed by atoms with Crippen molar-refractivity contribution in [2.24, 2.45) is 5.73 Å². The van der Waals surface area contributed by atoms with E-state index in [-0.39, 0.29) is 6.10 Å². The Kier molecular flexibility index (Phi) is 3.52. The molecule has 0 aliphatic carbocycles. The molecule has 1 aromatic carbocycles. The summed E-state index contributed by atoms with van der Waals surface area (Å²) in [5.74, 6) is 0. The molecule has 0 unspecified atom stereocenters. The summed E-state index contributed by atoms with van der Waals surface area (Å²) in [6.45, 7) is 3.75. The van der Waals surface area contributed by atoms with Gasteiger partial charge in [0.25, 0.3) is 0 Å². The van der Waals surface area contributed by atoms with Gasteiger partial charge in [-0.25, -0.2) is 4.79 Å². The van der Waals surface area contributed by atoms with E-state index in [2.05, 4.69) is 15.9 Å². The molecule has 0 bridgehead atoms. The topological polar surface area (TPSA) is 52.3 Å². The Morgan fingerprint density at radius 2 is 2.21 bits per heavy atom. The Morgan fingerprint density at radius 3 is 2.79 bits per heavy atom. The molecule has 0 spiro atoms. The van der Waals surface area contributed by atoms with E-state index in [9.17, 15) is 4.79 Å². The van der Waals surface area contributed by atoms with Gasteiger partial charge < -0.3 is 10.5 Å². The highest BCUT2D eigenvalue weighted by Crippen LogP contribution is 2.26. The predicted molar refractivity (Wildman–Crippen MR) is 58.0 cm³/mol. The fourth-order valence-corrected chi connectivity index (χ4v) is 1.68. The zero-order valence-corrected chi connectivity index (χ0v) is 9.67. The maximum atomic E-state index is 10.6. The lowest BCUT2D eigenvalue weighted by molar-refractivity contribution is 0.116. The van der Waals surface area contributed by atoms with Crippen molar-refractivity contribution in [3.8, 4) is 0 Å². The van der Waals surface area contributed by atoms with Gasteiger partial charge in [0.05, 0.1) is 0 Å². The molecule has 14 heavy (non-hydrogen) atoms. The third-order valence-electron chi connectivity index (χ3n) is 2.04. The molecule has 0 fully saturated rings. The summed E-state index contributed by atoms with van der Waals surface area (Å²) in [6, 6.07) is 5.75. The SMILES string of the molecule is Cc1c(Br)cccc1[C@@H](C)OC(N)=O. The average Bonchev–Trinajstić information content (AvgIpc) is 2.08. The largest absolute Gasteiger partial charge is 0.442 e. The highest BCUT2D eigenvalue weighted by atomic mass is 79.9. The normalized spacial score (nSPS) is 12.2. The fourth-order valence-electron chi connectivity index (χ4n) is 1.30. The number of hydrogen-bond donors (Lipinski definition) is 1. The third-order valence-corrected chi connectivity index (χ3v) is 2.90. The summed E-state index contributed by atoms with van der Waals surface area (Å²) < 4.78 is 5.89. The first-order valence-corrected chi connectivity index (χ1v) is 5.02. The fraction of sp³-hybridized carbons (Fsp3) is 0.300. The Bertz CT molecular complexity index is 352. The van der Waals surface area contributed by atoms with E-state index >= 15 is 0 Å². The average molecular weight is 258 g/mol. The van der Waals surface area contributed by atoms with Gasteiger partial charge in [-0.15, -0.1) is 0 Å². The smallest absolute Gasteiger partial charge is 0.405 e. The second-order valence-electron chi connectivity index (χ2n) is 3.03. The summed E-state index contributed by atoms with van der Waals surface area (Å²) in [6.07, 6.45) is -1.07. The number of primary amides is 1. The van der Waals surface area contributed by atoms with Crippen molar-refractivity contribution in [3.63, 3.8) is 0 Å². The van der Waals surface area contributed by atoms with Crippen molar-refractivity contribution in [3.05, 3.63) is 33.8 Å². The lowest BCUT2D eigenvalue weighted by Gasteiger charge is -2.14. The Balaban J connectivity index is 2.95. The van der Waals surface area contributed by atoms with Crippen molar-refractivity contribution < 1.29 is 9.53 Å². The van der Waals surface area contributed by atoms with Gasteiger partial charge in [-0.3, -0.25) is 0 Å². The number of hydrogen-bond acceptors (Lipinski definition) is 2. The number of rotatable bonds is 2. The number of nitrogens with two attached hydrogens (primary N) is 1. The molecular formula is C10H12BrNO2. The molecule has 0 radical (unpaired) electrons. The highest BCUT2D eigenvalue weighted by molar-refractivity contribution is 9.10. The molecule has 1 amide bonds. The predicted octanol–water partition coefficient (Wildman–Crippen LogP) is 2.91. The quantitative estimate of drug-likeness (QED) is 0.886. The molecule has 0 heterocycles. The standard InChI is InChI=1S/C10H12BrNO2/c1-6-8(4-3-5-9(6)11)7(2)14-10(12)13/h3-5,7H,1-2H3,(H2,12,13)/t7-/m1/s1. The third kappa shape index (κ3) is 2.48. The first-order valence-electron chi connectivity index (χ1n) is 4.23. The van der Waals surface area contributed by atoms with Gasteiger partial charge >= 0.3 is 6.09 Å². The van der Waals surface area contributed by atoms with E-state index < -0.39 is 6.09 Å². The van der Waals surface area contributed by atoms with Crippen LogP contribution in [0.4, 0.5) is 4.79 Å². The molecule has 2 N–H and O–H groups in total. The van der Waals surface area contributed by atoms with Crippen LogP contribution in [0, 0.1) is 6.92 Å². The van der Waals surface area contributed by atoms with Crippen LogP contribution in [0.1, 0.15) is 24.2 Å². The van der Waals surface area contributed by atoms with Crippen LogP contribution in [0.25, 0.3) is 0 Å². The maximum absolute atomic E-state index is 10.6.